The van der Waals surface area contributed by atoms with Gasteiger partial charge in [0, 0.05) is 0 Å². The van der Waals surface area contributed by atoms with E-state index in [0.29, 0.717) is 16.0 Å². The number of ether oxygens (including phenoxy) is 2. The van der Waals surface area contributed by atoms with Crippen LogP contribution >= 0.6 is 15.9 Å². The third kappa shape index (κ3) is 1.98. The lowest BCUT2D eigenvalue weighted by Crippen LogP contribution is -2.01. The molecule has 4 nitrogen and oxygen atoms in total. The lowest BCUT2D eigenvalue weighted by atomic mass is 10.2. The molecule has 0 bridgehead atoms. The largest absolute Gasteiger partial charge is 0.497 e. The Morgan fingerprint density at radius 3 is 2.43 bits per heavy atom. The molecular formula is C9H9BrO4. The SMILES string of the molecule is COc1cc(Br)c(OC)c(C(=O)O)c1. The van der Waals surface area contributed by atoms with Crippen molar-refractivity contribution in [1.29, 1.82) is 0 Å². The Morgan fingerprint density at radius 1 is 1.36 bits per heavy atom. The zero-order chi connectivity index (χ0) is 10.7. The maximum atomic E-state index is 10.8. The van der Waals surface area contributed by atoms with Crippen LogP contribution in [-0.2, 0) is 0 Å². The minimum atomic E-state index is -1.05. The third-order valence-corrected chi connectivity index (χ3v) is 2.28. The molecule has 76 valence electrons. The summed E-state index contributed by atoms with van der Waals surface area (Å²) in [6.45, 7) is 0. The van der Waals surface area contributed by atoms with Crippen molar-refractivity contribution in [3.05, 3.63) is 22.2 Å². The van der Waals surface area contributed by atoms with Crippen LogP contribution in [0.3, 0.4) is 0 Å². The van der Waals surface area contributed by atoms with Gasteiger partial charge < -0.3 is 14.6 Å². The van der Waals surface area contributed by atoms with Crippen LogP contribution in [0.15, 0.2) is 16.6 Å². The van der Waals surface area contributed by atoms with Gasteiger partial charge in [0.05, 0.1) is 18.7 Å². The van der Waals surface area contributed by atoms with Crippen molar-refractivity contribution in [1.82, 2.24) is 0 Å². The Bertz CT molecular complexity index is 362. The summed E-state index contributed by atoms with van der Waals surface area (Å²) in [6, 6.07) is 3.05. The van der Waals surface area contributed by atoms with E-state index >= 15 is 0 Å². The Labute approximate surface area is 89.6 Å². The fourth-order valence-corrected chi connectivity index (χ4v) is 1.65. The van der Waals surface area contributed by atoms with Crippen LogP contribution in [0.2, 0.25) is 0 Å². The van der Waals surface area contributed by atoms with Crippen LogP contribution < -0.4 is 9.47 Å². The van der Waals surface area contributed by atoms with Gasteiger partial charge in [-0.1, -0.05) is 0 Å². The molecule has 0 aliphatic rings. The van der Waals surface area contributed by atoms with E-state index in [4.69, 9.17) is 14.6 Å². The number of benzene rings is 1. The van der Waals surface area contributed by atoms with E-state index < -0.39 is 5.97 Å². The van der Waals surface area contributed by atoms with Crippen LogP contribution in [0.25, 0.3) is 0 Å². The highest BCUT2D eigenvalue weighted by Crippen LogP contribution is 2.33. The third-order valence-electron chi connectivity index (χ3n) is 1.69. The van der Waals surface area contributed by atoms with Gasteiger partial charge in [0.2, 0.25) is 0 Å². The summed E-state index contributed by atoms with van der Waals surface area (Å²) in [5.41, 5.74) is 0.0683. The Kier molecular flexibility index (Phi) is 3.35. The molecule has 0 aromatic heterocycles. The minimum Gasteiger partial charge on any atom is -0.497 e. The number of carboxylic acids is 1. The maximum Gasteiger partial charge on any atom is 0.339 e. The van der Waals surface area contributed by atoms with Gasteiger partial charge in [-0.15, -0.1) is 0 Å². The number of methoxy groups -OCH3 is 2. The van der Waals surface area contributed by atoms with Crippen molar-refractivity contribution in [2.75, 3.05) is 14.2 Å². The van der Waals surface area contributed by atoms with Crippen LogP contribution in [0.5, 0.6) is 11.5 Å². The molecule has 0 radical (unpaired) electrons. The number of halogens is 1. The highest BCUT2D eigenvalue weighted by atomic mass is 79.9. The molecule has 1 N–H and O–H groups in total. The minimum absolute atomic E-state index is 0.0683. The van der Waals surface area contributed by atoms with Gasteiger partial charge in [-0.2, -0.15) is 0 Å². The molecular weight excluding hydrogens is 252 g/mol. The van der Waals surface area contributed by atoms with Crippen LogP contribution in [0.4, 0.5) is 0 Å². The van der Waals surface area contributed by atoms with E-state index in [0.717, 1.165) is 0 Å². The fraction of sp³-hybridized carbons (Fsp3) is 0.222. The second-order valence-corrected chi connectivity index (χ2v) is 3.35. The monoisotopic (exact) mass is 260 g/mol. The highest BCUT2D eigenvalue weighted by molar-refractivity contribution is 9.10. The summed E-state index contributed by atoms with van der Waals surface area (Å²) >= 11 is 3.20. The molecule has 1 aromatic rings. The lowest BCUT2D eigenvalue weighted by molar-refractivity contribution is 0.0692. The summed E-state index contributed by atoms with van der Waals surface area (Å²) in [5.74, 6) is -0.296. The fourth-order valence-electron chi connectivity index (χ4n) is 1.05. The lowest BCUT2D eigenvalue weighted by Gasteiger charge is -2.09. The Hall–Kier alpha value is -1.23. The molecule has 0 saturated heterocycles. The quantitative estimate of drug-likeness (QED) is 0.905. The molecule has 0 unspecified atom stereocenters. The number of hydrogen-bond acceptors (Lipinski definition) is 3. The van der Waals surface area contributed by atoms with Gasteiger partial charge in [-0.05, 0) is 28.1 Å². The van der Waals surface area contributed by atoms with Crippen molar-refractivity contribution in [2.45, 2.75) is 0 Å². The molecule has 0 aliphatic heterocycles. The van der Waals surface area contributed by atoms with Crippen molar-refractivity contribution < 1.29 is 19.4 Å². The molecule has 0 saturated carbocycles. The molecule has 0 heterocycles. The summed E-state index contributed by atoms with van der Waals surface area (Å²) < 4.78 is 10.4. The smallest absolute Gasteiger partial charge is 0.339 e. The first-order chi connectivity index (χ1) is 6.60. The molecule has 1 rings (SSSR count). The predicted molar refractivity (Wildman–Crippen MR) is 54.2 cm³/mol. The van der Waals surface area contributed by atoms with E-state index in [-0.39, 0.29) is 5.56 Å². The normalized spacial score (nSPS) is 9.64. The Balaban J connectivity index is 3.35. The van der Waals surface area contributed by atoms with Gasteiger partial charge >= 0.3 is 5.97 Å². The number of carboxylic acid groups (broad SMARTS) is 1. The first-order valence-corrected chi connectivity index (χ1v) is 4.54. The maximum absolute atomic E-state index is 10.8. The van der Waals surface area contributed by atoms with Crippen molar-refractivity contribution in [3.8, 4) is 11.5 Å². The average Bonchev–Trinajstić information content (AvgIpc) is 2.16. The van der Waals surface area contributed by atoms with E-state index in [9.17, 15) is 4.79 Å². The van der Waals surface area contributed by atoms with Crippen LogP contribution in [0.1, 0.15) is 10.4 Å². The summed E-state index contributed by atoms with van der Waals surface area (Å²) in [4.78, 5) is 10.8. The topological polar surface area (TPSA) is 55.8 Å². The highest BCUT2D eigenvalue weighted by Gasteiger charge is 2.15. The van der Waals surface area contributed by atoms with Crippen LogP contribution in [-0.4, -0.2) is 25.3 Å². The summed E-state index contributed by atoms with van der Waals surface area (Å²) in [5, 5.41) is 8.88. The zero-order valence-electron chi connectivity index (χ0n) is 7.70. The molecule has 0 fully saturated rings. The average molecular weight is 261 g/mol. The van der Waals surface area contributed by atoms with E-state index in [1.807, 2.05) is 0 Å². The van der Waals surface area contributed by atoms with Gasteiger partial charge in [0.25, 0.3) is 0 Å². The molecule has 0 aliphatic carbocycles. The van der Waals surface area contributed by atoms with Crippen molar-refractivity contribution >= 4 is 21.9 Å². The first-order valence-electron chi connectivity index (χ1n) is 3.75. The second kappa shape index (κ2) is 4.32. The summed E-state index contributed by atoms with van der Waals surface area (Å²) in [6.07, 6.45) is 0. The second-order valence-electron chi connectivity index (χ2n) is 2.50. The molecule has 1 aromatic carbocycles. The molecule has 14 heavy (non-hydrogen) atoms. The number of hydrogen-bond donors (Lipinski definition) is 1. The molecule has 0 atom stereocenters. The predicted octanol–water partition coefficient (Wildman–Crippen LogP) is 2.16. The number of rotatable bonds is 3. The van der Waals surface area contributed by atoms with Gasteiger partial charge in [0.15, 0.2) is 0 Å². The van der Waals surface area contributed by atoms with Crippen molar-refractivity contribution in [2.24, 2.45) is 0 Å². The zero-order valence-corrected chi connectivity index (χ0v) is 9.29. The van der Waals surface area contributed by atoms with E-state index in [2.05, 4.69) is 15.9 Å². The number of aromatic carboxylic acids is 1. The number of carbonyl (C=O) groups is 1. The first kappa shape index (κ1) is 10.8. The molecule has 0 amide bonds. The van der Waals surface area contributed by atoms with Crippen LogP contribution in [0, 0.1) is 0 Å². The Morgan fingerprint density at radius 2 is 2.00 bits per heavy atom. The van der Waals surface area contributed by atoms with Gasteiger partial charge in [0.1, 0.15) is 17.1 Å². The van der Waals surface area contributed by atoms with Crippen molar-refractivity contribution in [3.63, 3.8) is 0 Å². The van der Waals surface area contributed by atoms with Gasteiger partial charge in [-0.3, -0.25) is 0 Å². The van der Waals surface area contributed by atoms with E-state index in [1.165, 1.54) is 20.3 Å². The molecule has 5 heteroatoms. The standard InChI is InChI=1S/C9H9BrO4/c1-13-5-3-6(9(11)12)8(14-2)7(10)4-5/h3-4H,1-2H3,(H,11,12). The summed E-state index contributed by atoms with van der Waals surface area (Å²) in [7, 11) is 2.89. The van der Waals surface area contributed by atoms with E-state index in [1.54, 1.807) is 6.07 Å². The molecule has 0 spiro atoms. The van der Waals surface area contributed by atoms with Gasteiger partial charge in [-0.25, -0.2) is 4.79 Å².